The smallest absolute Gasteiger partial charge is 0.354 e. The van der Waals surface area contributed by atoms with E-state index in [4.69, 9.17) is 0 Å². The fourth-order valence-electron chi connectivity index (χ4n) is 1.23. The maximum absolute atomic E-state index is 11.3. The molecule has 0 spiro atoms. The molecule has 1 amide bonds. The molecule has 1 heterocycles. The van der Waals surface area contributed by atoms with Crippen molar-refractivity contribution in [3.05, 3.63) is 11.3 Å². The van der Waals surface area contributed by atoms with Crippen LogP contribution in [0.1, 0.15) is 20.3 Å². The van der Waals surface area contributed by atoms with E-state index in [1.165, 1.54) is 12.0 Å². The molecule has 0 atom stereocenters. The Balaban J connectivity index is 2.87. The third-order valence-electron chi connectivity index (χ3n) is 1.97. The van der Waals surface area contributed by atoms with Gasteiger partial charge in [-0.15, -0.1) is 0 Å². The summed E-state index contributed by atoms with van der Waals surface area (Å²) in [6.45, 7) is 4.20. The Hall–Kier alpha value is -1.32. The number of allylic oxidation sites excluding steroid dienone is 1. The van der Waals surface area contributed by atoms with Crippen LogP contribution in [0.5, 0.6) is 0 Å². The highest BCUT2D eigenvalue weighted by Crippen LogP contribution is 2.20. The van der Waals surface area contributed by atoms with E-state index in [1.807, 2.05) is 0 Å². The predicted molar refractivity (Wildman–Crippen MR) is 46.7 cm³/mol. The molecule has 0 saturated carbocycles. The summed E-state index contributed by atoms with van der Waals surface area (Å²) in [5, 5.41) is 0. The van der Waals surface area contributed by atoms with Crippen molar-refractivity contribution in [2.75, 3.05) is 13.7 Å². The first-order chi connectivity index (χ1) is 6.07. The zero-order valence-corrected chi connectivity index (χ0v) is 8.09. The second-order valence-corrected chi connectivity index (χ2v) is 3.14. The van der Waals surface area contributed by atoms with Gasteiger partial charge >= 0.3 is 5.97 Å². The summed E-state index contributed by atoms with van der Waals surface area (Å²) in [4.78, 5) is 23.8. The van der Waals surface area contributed by atoms with Gasteiger partial charge in [0, 0.05) is 13.0 Å². The number of likely N-dealkylation sites (tertiary alicyclic amines) is 1. The van der Waals surface area contributed by atoms with Crippen molar-refractivity contribution in [3.8, 4) is 0 Å². The number of carbonyl (C=O) groups is 2. The molecule has 0 aromatic rings. The number of hydrogen-bond acceptors (Lipinski definition) is 3. The number of esters is 1. The summed E-state index contributed by atoms with van der Waals surface area (Å²) in [5.41, 5.74) is 1.19. The highest BCUT2D eigenvalue weighted by atomic mass is 16.5. The third-order valence-corrected chi connectivity index (χ3v) is 1.97. The summed E-state index contributed by atoms with van der Waals surface area (Å²) in [6, 6.07) is 0. The Morgan fingerprint density at radius 3 is 2.31 bits per heavy atom. The van der Waals surface area contributed by atoms with Crippen molar-refractivity contribution in [3.63, 3.8) is 0 Å². The first-order valence-electron chi connectivity index (χ1n) is 4.14. The number of carbonyl (C=O) groups excluding carboxylic acids is 2. The fourth-order valence-corrected chi connectivity index (χ4v) is 1.23. The van der Waals surface area contributed by atoms with Crippen LogP contribution in [-0.2, 0) is 14.3 Å². The maximum atomic E-state index is 11.3. The van der Waals surface area contributed by atoms with E-state index in [-0.39, 0.29) is 5.91 Å². The van der Waals surface area contributed by atoms with Gasteiger partial charge in [-0.25, -0.2) is 4.79 Å². The van der Waals surface area contributed by atoms with Crippen molar-refractivity contribution < 1.29 is 14.3 Å². The molecule has 13 heavy (non-hydrogen) atoms. The Labute approximate surface area is 77.2 Å². The molecule has 72 valence electrons. The standard InChI is InChI=1S/C9H13NO3/c1-6(2)8(9(12)13-3)10-5-4-7(10)11/h4-5H2,1-3H3. The number of nitrogens with zero attached hydrogens (tertiary/aromatic N) is 1. The molecular weight excluding hydrogens is 170 g/mol. The zero-order valence-electron chi connectivity index (χ0n) is 8.09. The van der Waals surface area contributed by atoms with Gasteiger partial charge in [-0.05, 0) is 19.4 Å². The first kappa shape index (κ1) is 9.77. The minimum atomic E-state index is -0.437. The van der Waals surface area contributed by atoms with E-state index < -0.39 is 5.97 Å². The van der Waals surface area contributed by atoms with E-state index in [0.29, 0.717) is 18.7 Å². The van der Waals surface area contributed by atoms with Gasteiger partial charge in [0.15, 0.2) is 0 Å². The van der Waals surface area contributed by atoms with E-state index in [2.05, 4.69) is 4.74 Å². The topological polar surface area (TPSA) is 46.6 Å². The van der Waals surface area contributed by atoms with Crippen LogP contribution in [0, 0.1) is 0 Å². The number of amides is 1. The maximum Gasteiger partial charge on any atom is 0.354 e. The van der Waals surface area contributed by atoms with Gasteiger partial charge in [0.1, 0.15) is 5.70 Å². The van der Waals surface area contributed by atoms with Crippen molar-refractivity contribution >= 4 is 11.9 Å². The van der Waals surface area contributed by atoms with Crippen LogP contribution in [0.3, 0.4) is 0 Å². The SMILES string of the molecule is COC(=O)C(=C(C)C)N1CCC1=O. The molecule has 1 aliphatic heterocycles. The van der Waals surface area contributed by atoms with E-state index in [9.17, 15) is 9.59 Å². The minimum absolute atomic E-state index is 0.0124. The third kappa shape index (κ3) is 1.71. The van der Waals surface area contributed by atoms with Crippen molar-refractivity contribution in [1.29, 1.82) is 0 Å². The molecule has 1 saturated heterocycles. The van der Waals surface area contributed by atoms with Crippen LogP contribution in [0.4, 0.5) is 0 Å². The zero-order chi connectivity index (χ0) is 10.0. The molecule has 4 nitrogen and oxygen atoms in total. The van der Waals surface area contributed by atoms with Gasteiger partial charge in [0.2, 0.25) is 5.91 Å². The largest absolute Gasteiger partial charge is 0.464 e. The number of β-lactam (4-membered cyclic amide) rings is 1. The average Bonchev–Trinajstić information content (AvgIpc) is 2.09. The lowest BCUT2D eigenvalue weighted by Gasteiger charge is -2.32. The average molecular weight is 183 g/mol. The number of rotatable bonds is 2. The summed E-state index contributed by atoms with van der Waals surface area (Å²) in [6.07, 6.45) is 0.522. The van der Waals surface area contributed by atoms with E-state index in [0.717, 1.165) is 5.57 Å². The van der Waals surface area contributed by atoms with Crippen LogP contribution in [-0.4, -0.2) is 30.4 Å². The summed E-state index contributed by atoms with van der Waals surface area (Å²) in [7, 11) is 1.32. The van der Waals surface area contributed by atoms with Crippen LogP contribution < -0.4 is 0 Å². The lowest BCUT2D eigenvalue weighted by molar-refractivity contribution is -0.146. The number of methoxy groups -OCH3 is 1. The summed E-state index contributed by atoms with van der Waals surface area (Å²) in [5.74, 6) is -0.449. The minimum Gasteiger partial charge on any atom is -0.464 e. The molecule has 1 aliphatic rings. The molecule has 0 radical (unpaired) electrons. The first-order valence-corrected chi connectivity index (χ1v) is 4.14. The van der Waals surface area contributed by atoms with Crippen LogP contribution in [0.2, 0.25) is 0 Å². The van der Waals surface area contributed by atoms with Gasteiger partial charge in [-0.3, -0.25) is 4.79 Å². The van der Waals surface area contributed by atoms with Crippen molar-refractivity contribution in [1.82, 2.24) is 4.90 Å². The molecule has 4 heteroatoms. The Kier molecular flexibility index (Phi) is 2.70. The van der Waals surface area contributed by atoms with Gasteiger partial charge in [-0.1, -0.05) is 0 Å². The van der Waals surface area contributed by atoms with Crippen molar-refractivity contribution in [2.45, 2.75) is 20.3 Å². The van der Waals surface area contributed by atoms with Gasteiger partial charge < -0.3 is 9.64 Å². The van der Waals surface area contributed by atoms with Gasteiger partial charge in [0.05, 0.1) is 7.11 Å². The lowest BCUT2D eigenvalue weighted by atomic mass is 10.1. The van der Waals surface area contributed by atoms with E-state index in [1.54, 1.807) is 13.8 Å². The van der Waals surface area contributed by atoms with Gasteiger partial charge in [-0.2, -0.15) is 0 Å². The van der Waals surface area contributed by atoms with Gasteiger partial charge in [0.25, 0.3) is 0 Å². The van der Waals surface area contributed by atoms with Crippen LogP contribution >= 0.6 is 0 Å². The van der Waals surface area contributed by atoms with E-state index >= 15 is 0 Å². The fraction of sp³-hybridized carbons (Fsp3) is 0.556. The second kappa shape index (κ2) is 3.60. The number of hydrogen-bond donors (Lipinski definition) is 0. The molecule has 0 N–H and O–H groups in total. The highest BCUT2D eigenvalue weighted by molar-refractivity contribution is 5.96. The predicted octanol–water partition coefficient (Wildman–Crippen LogP) is 0.686. The Morgan fingerprint density at radius 2 is 2.08 bits per heavy atom. The second-order valence-electron chi connectivity index (χ2n) is 3.14. The quantitative estimate of drug-likeness (QED) is 0.359. The van der Waals surface area contributed by atoms with Crippen molar-refractivity contribution in [2.24, 2.45) is 0 Å². The molecule has 0 bridgehead atoms. The number of ether oxygens (including phenoxy) is 1. The summed E-state index contributed by atoms with van der Waals surface area (Å²) >= 11 is 0. The monoisotopic (exact) mass is 183 g/mol. The molecule has 0 aromatic heterocycles. The molecular formula is C9H13NO3. The highest BCUT2D eigenvalue weighted by Gasteiger charge is 2.31. The summed E-state index contributed by atoms with van der Waals surface area (Å²) < 4.78 is 4.59. The van der Waals surface area contributed by atoms with Crippen LogP contribution in [0.25, 0.3) is 0 Å². The van der Waals surface area contributed by atoms with Crippen LogP contribution in [0.15, 0.2) is 11.3 Å². The molecule has 0 aromatic carbocycles. The molecule has 1 rings (SSSR count). The Morgan fingerprint density at radius 1 is 1.46 bits per heavy atom. The molecule has 1 fully saturated rings. The molecule has 0 unspecified atom stereocenters. The Bertz CT molecular complexity index is 277. The normalized spacial score (nSPS) is 15.0. The molecule has 0 aliphatic carbocycles. The lowest BCUT2D eigenvalue weighted by Crippen LogP contribution is -2.45.